The van der Waals surface area contributed by atoms with Crippen molar-refractivity contribution in [3.63, 3.8) is 0 Å². The zero-order chi connectivity index (χ0) is 93.3. The molecular weight excluding hydrogens is 1530 g/mol. The largest absolute Gasteiger partial charge is 0.309 e. The van der Waals surface area contributed by atoms with E-state index >= 15 is 0 Å². The lowest BCUT2D eigenvalue weighted by molar-refractivity contribution is 1.07. The van der Waals surface area contributed by atoms with Crippen molar-refractivity contribution in [2.75, 3.05) is 9.80 Å². The van der Waals surface area contributed by atoms with Gasteiger partial charge in [-0.05, 0) is 188 Å². The van der Waals surface area contributed by atoms with Crippen LogP contribution in [-0.4, -0.2) is 39.0 Å². The van der Waals surface area contributed by atoms with Crippen molar-refractivity contribution in [3.05, 3.63) is 436 Å². The van der Waals surface area contributed by atoms with E-state index in [1.807, 2.05) is 109 Å². The molecule has 10 heteroatoms. The van der Waals surface area contributed by atoms with Crippen LogP contribution in [0.25, 0.3) is 211 Å². The number of fused-ring (bicyclic) bond motifs is 15. The lowest BCUT2D eigenvalue weighted by atomic mass is 9.88. The Kier molecular flexibility index (Phi) is 14.1. The fraction of sp³-hybridized carbons (Fsp3) is 0. The third kappa shape index (κ3) is 11.9. The molecule has 586 valence electrons. The van der Waals surface area contributed by atoms with Gasteiger partial charge in [0.1, 0.15) is 0 Å². The molecule has 0 fully saturated rings. The predicted octanol–water partition coefficient (Wildman–Crippen LogP) is 30.3. The molecule has 20 aromatic carbocycles. The van der Waals surface area contributed by atoms with Gasteiger partial charge in [-0.3, -0.25) is 0 Å². The van der Waals surface area contributed by atoms with E-state index in [1.54, 1.807) is 18.2 Å². The highest BCUT2D eigenvalue weighted by Crippen LogP contribution is 2.56. The second-order valence-corrected chi connectivity index (χ2v) is 31.5. The zero-order valence-corrected chi connectivity index (χ0v) is 67.1. The fourth-order valence-electron chi connectivity index (χ4n) is 18.8. The Morgan fingerprint density at radius 3 is 1.21 bits per heavy atom. The molecule has 24 aromatic rings. The Bertz CT molecular complexity index is 9300. The van der Waals surface area contributed by atoms with Gasteiger partial charge >= 0.3 is 0 Å². The maximum Gasteiger partial charge on any atom is 0.164 e. The van der Waals surface area contributed by atoms with Crippen molar-refractivity contribution in [2.24, 2.45) is 0 Å². The molecule has 0 N–H and O–H groups in total. The van der Waals surface area contributed by atoms with Gasteiger partial charge in [-0.1, -0.05) is 303 Å². The SMILES string of the molecule is [2H]c1c([2H])c([2H])c(-c2cccc(-c3nc(-c4ccc(N5c6c(ccc7ccccc67)-c6cccc7cccc5c67)cc4)nc(-c4cccc5c4c4ccccc4n5-c4ccccc4)n3)c2)c([2H])c1[2H].[2H]c1c([2H])c([2H])c2c([2H])c(-c3nc(-c4ccc(N5c6c(ccc7ccccc67)-c6cccc7cccc5c67)cc4)nc(-c4ccc5c(c4)c4ccccc4n5-c4ccccc4)n3)c([2H])c([2H])c2c1[2H]. The second-order valence-electron chi connectivity index (χ2n) is 31.5. The summed E-state index contributed by atoms with van der Waals surface area (Å²) in [4.78, 5) is 35.3. The summed E-state index contributed by atoms with van der Waals surface area (Å²) in [5.74, 6) is 1.74. The monoisotopic (exact) mass is 1620 g/mol. The molecule has 26 rings (SSSR count). The summed E-state index contributed by atoms with van der Waals surface area (Å²) in [5, 5.41) is 12.9. The van der Waals surface area contributed by atoms with Gasteiger partial charge in [-0.2, -0.15) is 0 Å². The summed E-state index contributed by atoms with van der Waals surface area (Å²) in [5.41, 5.74) is 20.9. The number of hydrogen-bond donors (Lipinski definition) is 0. The molecule has 0 amide bonds. The maximum absolute atomic E-state index is 9.45. The topological polar surface area (TPSA) is 93.7 Å². The minimum absolute atomic E-state index is 0.0663. The molecule has 0 saturated heterocycles. The molecule has 2 aliphatic heterocycles. The first kappa shape index (κ1) is 60.4. The Morgan fingerprint density at radius 2 is 0.619 bits per heavy atom. The summed E-state index contributed by atoms with van der Waals surface area (Å²) in [7, 11) is 0. The van der Waals surface area contributed by atoms with Crippen molar-refractivity contribution in [3.8, 4) is 113 Å². The molecule has 0 spiro atoms. The summed E-state index contributed by atoms with van der Waals surface area (Å²) in [6, 6.07) is 119. The van der Waals surface area contributed by atoms with Gasteiger partial charge in [-0.25, -0.2) is 29.9 Å². The van der Waals surface area contributed by atoms with Crippen molar-refractivity contribution in [2.45, 2.75) is 0 Å². The first-order valence-corrected chi connectivity index (χ1v) is 41.7. The van der Waals surface area contributed by atoms with Crippen LogP contribution in [0, 0.1) is 0 Å². The second kappa shape index (κ2) is 29.4. The van der Waals surface area contributed by atoms with Gasteiger partial charge < -0.3 is 18.9 Å². The number of benzene rings is 20. The van der Waals surface area contributed by atoms with Crippen LogP contribution in [0.5, 0.6) is 0 Å². The van der Waals surface area contributed by atoms with Crippen molar-refractivity contribution < 1.29 is 16.4 Å². The van der Waals surface area contributed by atoms with E-state index in [2.05, 4.69) is 256 Å². The van der Waals surface area contributed by atoms with Crippen LogP contribution in [0.15, 0.2) is 436 Å². The highest BCUT2D eigenvalue weighted by Gasteiger charge is 2.31. The van der Waals surface area contributed by atoms with Gasteiger partial charge in [0, 0.05) is 110 Å². The van der Waals surface area contributed by atoms with E-state index in [4.69, 9.17) is 43.6 Å². The highest BCUT2D eigenvalue weighted by molar-refractivity contribution is 6.22. The molecule has 0 bridgehead atoms. The molecule has 10 nitrogen and oxygen atoms in total. The third-order valence-electron chi connectivity index (χ3n) is 24.4. The lowest BCUT2D eigenvalue weighted by Crippen LogP contribution is -2.15. The maximum atomic E-state index is 9.45. The summed E-state index contributed by atoms with van der Waals surface area (Å²) in [6.45, 7) is 0. The van der Waals surface area contributed by atoms with E-state index < -0.39 is 54.4 Å². The van der Waals surface area contributed by atoms with E-state index in [0.29, 0.717) is 39.7 Å². The Balaban J connectivity index is 0.000000146. The molecular formula is C116H72N10. The fourth-order valence-corrected chi connectivity index (χ4v) is 18.8. The lowest BCUT2D eigenvalue weighted by Gasteiger charge is -2.34. The quantitative estimate of drug-likeness (QED) is 0.126. The van der Waals surface area contributed by atoms with Crippen molar-refractivity contribution in [1.82, 2.24) is 39.0 Å². The smallest absolute Gasteiger partial charge is 0.164 e. The van der Waals surface area contributed by atoms with Crippen LogP contribution in [0.1, 0.15) is 16.4 Å². The molecule has 0 atom stereocenters. The summed E-state index contributed by atoms with van der Waals surface area (Å²) >= 11 is 0. The average Bonchev–Trinajstić information content (AvgIpc) is 1.19. The highest BCUT2D eigenvalue weighted by atomic mass is 15.2. The molecule has 0 unspecified atom stereocenters. The first-order chi connectivity index (χ1) is 67.5. The first-order valence-electron chi connectivity index (χ1n) is 47.7. The number of rotatable bonds is 11. The van der Waals surface area contributed by atoms with Crippen LogP contribution in [-0.2, 0) is 0 Å². The number of aromatic nitrogens is 8. The van der Waals surface area contributed by atoms with E-state index in [-0.39, 0.29) is 57.5 Å². The number of anilines is 6. The van der Waals surface area contributed by atoms with Crippen LogP contribution in [0.3, 0.4) is 0 Å². The van der Waals surface area contributed by atoms with Gasteiger partial charge in [0.15, 0.2) is 34.9 Å². The van der Waals surface area contributed by atoms with Gasteiger partial charge in [-0.15, -0.1) is 0 Å². The van der Waals surface area contributed by atoms with Gasteiger partial charge in [0.2, 0.25) is 0 Å². The molecule has 126 heavy (non-hydrogen) atoms. The van der Waals surface area contributed by atoms with E-state index in [0.717, 1.165) is 138 Å². The number of hydrogen-bond acceptors (Lipinski definition) is 8. The summed E-state index contributed by atoms with van der Waals surface area (Å²) in [6.07, 6.45) is 0. The normalized spacial score (nSPS) is 13.4. The third-order valence-corrected chi connectivity index (χ3v) is 24.4. The van der Waals surface area contributed by atoms with Crippen LogP contribution in [0.4, 0.5) is 34.1 Å². The van der Waals surface area contributed by atoms with E-state index in [9.17, 15) is 2.74 Å². The number of para-hydroxylation sites is 4. The minimum atomic E-state index is -0.535. The predicted molar refractivity (Wildman–Crippen MR) is 521 cm³/mol. The Hall–Kier alpha value is -17.1. The van der Waals surface area contributed by atoms with Crippen molar-refractivity contribution >= 4 is 132 Å². The molecule has 4 aromatic heterocycles. The molecule has 6 heterocycles. The average molecular weight is 1620 g/mol. The summed E-state index contributed by atoms with van der Waals surface area (Å²) < 4.78 is 109. The Morgan fingerprint density at radius 1 is 0.198 bits per heavy atom. The molecule has 2 aliphatic rings. The van der Waals surface area contributed by atoms with Crippen LogP contribution in [0.2, 0.25) is 0 Å². The minimum Gasteiger partial charge on any atom is -0.309 e. The van der Waals surface area contributed by atoms with Gasteiger partial charge in [0.25, 0.3) is 0 Å². The molecule has 0 saturated carbocycles. The molecule has 0 radical (unpaired) electrons. The zero-order valence-electron chi connectivity index (χ0n) is 79.1. The van der Waals surface area contributed by atoms with Gasteiger partial charge in [0.05, 0.1) is 61.3 Å². The van der Waals surface area contributed by atoms with Crippen molar-refractivity contribution in [1.29, 1.82) is 0 Å². The Labute approximate surface area is 742 Å². The standard InChI is InChI=1S/C59H37N5.C57H35N5/c1-3-15-38(16-4-1)42-20-11-21-43(37-42)58-60-57(61-59(62-58)50-27-14-30-53-55(50)49-25-9-10-28-51(49)63(53)44-22-5-2-6-23-44)41-31-34-45(35-32-41)64-52-29-13-19-40-18-12-26-47(54(40)52)48-36-33-39-17-7-8-24-46(39)56(48)64;1-2-17-43(18-3-1)61-50-22-9-8-20-46(50)49-35-42(29-33-51(49)61)57-59-55(58-56(60-57)41-25-24-36-12-4-5-14-40(36)34-41)39-26-30-44(31-27-39)62-52-23-11-16-38-15-10-21-47(53(38)52)48-32-28-37-13-6-7-19-45(37)54(48)62/h1-37H;1-35H/i1D,3D,4D,15D,16D;4D,5D,12D,14D,24D,25D,34D. The van der Waals surface area contributed by atoms with E-state index in [1.165, 1.54) is 27.5 Å². The van der Waals surface area contributed by atoms with Crippen LogP contribution < -0.4 is 9.80 Å². The van der Waals surface area contributed by atoms with Crippen LogP contribution >= 0.6 is 0 Å². The molecule has 0 aliphatic carbocycles. The number of nitrogens with zero attached hydrogens (tertiary/aromatic N) is 10.